The molecule has 5 heteroatoms. The third kappa shape index (κ3) is 4.76. The van der Waals surface area contributed by atoms with Gasteiger partial charge in [0, 0.05) is 25.3 Å². The lowest BCUT2D eigenvalue weighted by molar-refractivity contribution is 0.0951. The maximum Gasteiger partial charge on any atom is 0.253 e. The molecule has 1 amide bonds. The highest BCUT2D eigenvalue weighted by molar-refractivity contribution is 5.99. The average molecular weight is 354 g/mol. The lowest BCUT2D eigenvalue weighted by atomic mass is 10.1. The van der Waals surface area contributed by atoms with Crippen molar-refractivity contribution >= 4 is 11.6 Å². The molecular formula is C21H26N2O3. The highest BCUT2D eigenvalue weighted by Gasteiger charge is 2.17. The van der Waals surface area contributed by atoms with Crippen LogP contribution in [0.3, 0.4) is 0 Å². The summed E-state index contributed by atoms with van der Waals surface area (Å²) in [5, 5.41) is 3.05. The Labute approximate surface area is 154 Å². The number of hydrogen-bond acceptors (Lipinski definition) is 4. The molecule has 1 fully saturated rings. The van der Waals surface area contributed by atoms with E-state index >= 15 is 0 Å². The SMILES string of the molecule is COc1cccc(CCCNC(=O)c2ccccc2N2CCOCC2)c1. The standard InChI is InChI=1S/C21H26N2O3/c1-25-18-8-4-6-17(16-18)7-5-11-22-21(24)19-9-2-3-10-20(19)23-12-14-26-15-13-23/h2-4,6,8-10,16H,5,7,11-15H2,1H3,(H,22,24). The molecule has 1 saturated heterocycles. The van der Waals surface area contributed by atoms with Crippen molar-refractivity contribution in [1.29, 1.82) is 0 Å². The van der Waals surface area contributed by atoms with Crippen LogP contribution in [0.1, 0.15) is 22.3 Å². The molecule has 0 bridgehead atoms. The molecule has 26 heavy (non-hydrogen) atoms. The molecule has 1 aliphatic heterocycles. The summed E-state index contributed by atoms with van der Waals surface area (Å²) in [6, 6.07) is 15.8. The second-order valence-electron chi connectivity index (χ2n) is 6.33. The van der Waals surface area contributed by atoms with Crippen molar-refractivity contribution in [3.05, 3.63) is 59.7 Å². The van der Waals surface area contributed by atoms with E-state index in [1.807, 2.05) is 42.5 Å². The van der Waals surface area contributed by atoms with Crippen LogP contribution in [-0.2, 0) is 11.2 Å². The molecule has 0 spiro atoms. The fourth-order valence-electron chi connectivity index (χ4n) is 3.16. The van der Waals surface area contributed by atoms with E-state index in [4.69, 9.17) is 9.47 Å². The minimum atomic E-state index is -0.0160. The van der Waals surface area contributed by atoms with Crippen LogP contribution in [-0.4, -0.2) is 45.9 Å². The van der Waals surface area contributed by atoms with Gasteiger partial charge in [-0.1, -0.05) is 24.3 Å². The number of anilines is 1. The zero-order valence-electron chi connectivity index (χ0n) is 15.2. The Balaban J connectivity index is 1.53. The first-order valence-electron chi connectivity index (χ1n) is 9.11. The summed E-state index contributed by atoms with van der Waals surface area (Å²) >= 11 is 0. The predicted molar refractivity (Wildman–Crippen MR) is 103 cm³/mol. The molecule has 0 radical (unpaired) electrons. The van der Waals surface area contributed by atoms with Gasteiger partial charge in [-0.25, -0.2) is 0 Å². The van der Waals surface area contributed by atoms with Gasteiger partial charge >= 0.3 is 0 Å². The zero-order chi connectivity index (χ0) is 18.2. The number of ether oxygens (including phenoxy) is 2. The van der Waals surface area contributed by atoms with Crippen molar-refractivity contribution in [2.24, 2.45) is 0 Å². The van der Waals surface area contributed by atoms with Gasteiger partial charge in [-0.2, -0.15) is 0 Å². The Hall–Kier alpha value is -2.53. The van der Waals surface area contributed by atoms with E-state index in [-0.39, 0.29) is 5.91 Å². The number of carbonyl (C=O) groups is 1. The number of amides is 1. The molecule has 0 aromatic heterocycles. The summed E-state index contributed by atoms with van der Waals surface area (Å²) in [6.07, 6.45) is 1.79. The highest BCUT2D eigenvalue weighted by Crippen LogP contribution is 2.21. The van der Waals surface area contributed by atoms with Crippen molar-refractivity contribution < 1.29 is 14.3 Å². The number of carbonyl (C=O) groups excluding carboxylic acids is 1. The number of aryl methyl sites for hydroxylation is 1. The number of rotatable bonds is 7. The minimum Gasteiger partial charge on any atom is -0.497 e. The van der Waals surface area contributed by atoms with E-state index in [2.05, 4.69) is 16.3 Å². The quantitative estimate of drug-likeness (QED) is 0.777. The highest BCUT2D eigenvalue weighted by atomic mass is 16.5. The van der Waals surface area contributed by atoms with Crippen LogP contribution in [0.4, 0.5) is 5.69 Å². The fourth-order valence-corrected chi connectivity index (χ4v) is 3.16. The number of benzene rings is 2. The second kappa shape index (κ2) is 9.25. The maximum absolute atomic E-state index is 12.6. The third-order valence-electron chi connectivity index (χ3n) is 4.56. The predicted octanol–water partition coefficient (Wildman–Crippen LogP) is 2.89. The van der Waals surface area contributed by atoms with Gasteiger partial charge in [0.25, 0.3) is 5.91 Å². The summed E-state index contributed by atoms with van der Waals surface area (Å²) in [7, 11) is 1.67. The Morgan fingerprint density at radius 3 is 2.77 bits per heavy atom. The number of para-hydroxylation sites is 1. The Bertz CT molecular complexity index is 727. The van der Waals surface area contributed by atoms with Crippen LogP contribution in [0.5, 0.6) is 5.75 Å². The van der Waals surface area contributed by atoms with Crippen molar-refractivity contribution in [2.75, 3.05) is 44.9 Å². The maximum atomic E-state index is 12.6. The van der Waals surface area contributed by atoms with E-state index < -0.39 is 0 Å². The smallest absolute Gasteiger partial charge is 0.253 e. The summed E-state index contributed by atoms with van der Waals surface area (Å²) in [5.74, 6) is 0.851. The van der Waals surface area contributed by atoms with Gasteiger partial charge in [0.2, 0.25) is 0 Å². The zero-order valence-corrected chi connectivity index (χ0v) is 15.2. The first kappa shape index (κ1) is 18.3. The normalized spacial score (nSPS) is 14.1. The number of nitrogens with one attached hydrogen (secondary N) is 1. The van der Waals surface area contributed by atoms with Crippen LogP contribution >= 0.6 is 0 Å². The van der Waals surface area contributed by atoms with E-state index in [0.29, 0.717) is 19.8 Å². The topological polar surface area (TPSA) is 50.8 Å². The fraction of sp³-hybridized carbons (Fsp3) is 0.381. The molecule has 138 valence electrons. The molecule has 1 N–H and O–H groups in total. The van der Waals surface area contributed by atoms with Crippen LogP contribution in [0.25, 0.3) is 0 Å². The third-order valence-corrected chi connectivity index (χ3v) is 4.56. The molecule has 0 unspecified atom stereocenters. The molecule has 0 aliphatic carbocycles. The molecule has 2 aromatic carbocycles. The van der Waals surface area contributed by atoms with Gasteiger partial charge < -0.3 is 19.7 Å². The van der Waals surface area contributed by atoms with Crippen molar-refractivity contribution in [1.82, 2.24) is 5.32 Å². The number of morpholine rings is 1. The summed E-state index contributed by atoms with van der Waals surface area (Å²) in [4.78, 5) is 14.8. The molecule has 0 atom stereocenters. The van der Waals surface area contributed by atoms with Crippen molar-refractivity contribution in [3.8, 4) is 5.75 Å². The summed E-state index contributed by atoms with van der Waals surface area (Å²) in [5.41, 5.74) is 2.93. The van der Waals surface area contributed by atoms with Gasteiger partial charge in [-0.05, 0) is 42.7 Å². The Kier molecular flexibility index (Phi) is 6.50. The number of nitrogens with zero attached hydrogens (tertiary/aromatic N) is 1. The molecule has 1 aliphatic rings. The van der Waals surface area contributed by atoms with Gasteiger partial charge in [0.05, 0.1) is 25.9 Å². The van der Waals surface area contributed by atoms with Crippen LogP contribution in [0.2, 0.25) is 0 Å². The van der Waals surface area contributed by atoms with Crippen LogP contribution < -0.4 is 15.0 Å². The van der Waals surface area contributed by atoms with Crippen molar-refractivity contribution in [3.63, 3.8) is 0 Å². The lowest BCUT2D eigenvalue weighted by Crippen LogP contribution is -2.38. The number of methoxy groups -OCH3 is 1. The van der Waals surface area contributed by atoms with Gasteiger partial charge in [0.1, 0.15) is 5.75 Å². The van der Waals surface area contributed by atoms with Gasteiger partial charge in [0.15, 0.2) is 0 Å². The Morgan fingerprint density at radius 2 is 1.96 bits per heavy atom. The van der Waals surface area contributed by atoms with E-state index in [1.54, 1.807) is 7.11 Å². The van der Waals surface area contributed by atoms with E-state index in [0.717, 1.165) is 42.9 Å². The first-order chi connectivity index (χ1) is 12.8. The van der Waals surface area contributed by atoms with E-state index in [1.165, 1.54) is 5.56 Å². The summed E-state index contributed by atoms with van der Waals surface area (Å²) in [6.45, 7) is 3.70. The molecule has 1 heterocycles. The molecule has 5 nitrogen and oxygen atoms in total. The minimum absolute atomic E-state index is 0.0160. The molecule has 2 aromatic rings. The Morgan fingerprint density at radius 1 is 1.15 bits per heavy atom. The van der Waals surface area contributed by atoms with E-state index in [9.17, 15) is 4.79 Å². The first-order valence-corrected chi connectivity index (χ1v) is 9.11. The largest absolute Gasteiger partial charge is 0.497 e. The van der Waals surface area contributed by atoms with Gasteiger partial charge in [-0.3, -0.25) is 4.79 Å². The number of hydrogen-bond donors (Lipinski definition) is 1. The molecule has 3 rings (SSSR count). The molecular weight excluding hydrogens is 328 g/mol. The second-order valence-corrected chi connectivity index (χ2v) is 6.33. The van der Waals surface area contributed by atoms with Crippen LogP contribution in [0, 0.1) is 0 Å². The van der Waals surface area contributed by atoms with Crippen molar-refractivity contribution in [2.45, 2.75) is 12.8 Å². The average Bonchev–Trinajstić information content (AvgIpc) is 2.72. The van der Waals surface area contributed by atoms with Gasteiger partial charge in [-0.15, -0.1) is 0 Å². The monoisotopic (exact) mass is 354 g/mol. The van der Waals surface area contributed by atoms with Crippen LogP contribution in [0.15, 0.2) is 48.5 Å². The summed E-state index contributed by atoms with van der Waals surface area (Å²) < 4.78 is 10.7. The molecule has 0 saturated carbocycles. The lowest BCUT2D eigenvalue weighted by Gasteiger charge is -2.30.